The van der Waals surface area contributed by atoms with E-state index in [1.165, 1.54) is 78.9 Å². The van der Waals surface area contributed by atoms with E-state index in [0.29, 0.717) is 0 Å². The summed E-state index contributed by atoms with van der Waals surface area (Å²) in [4.78, 5) is 26.5. The van der Waals surface area contributed by atoms with Crippen LogP contribution in [0.3, 0.4) is 0 Å². The summed E-state index contributed by atoms with van der Waals surface area (Å²) in [6.07, 6.45) is -1.05. The van der Waals surface area contributed by atoms with E-state index in [9.17, 15) is 23.2 Å². The lowest BCUT2D eigenvalue weighted by molar-refractivity contribution is -0.116. The summed E-state index contributed by atoms with van der Waals surface area (Å²) in [5.74, 6) is -7.05. The quantitative estimate of drug-likeness (QED) is 0.0981. The van der Waals surface area contributed by atoms with E-state index in [2.05, 4.69) is 14.6 Å². The first kappa shape index (κ1) is 39.1. The van der Waals surface area contributed by atoms with Crippen molar-refractivity contribution in [2.75, 3.05) is 6.54 Å². The number of aromatic nitrogens is 3. The molecular weight excluding hydrogens is 708 g/mol. The highest BCUT2D eigenvalue weighted by molar-refractivity contribution is 7.50. The van der Waals surface area contributed by atoms with E-state index in [1.54, 1.807) is 0 Å². The molecule has 0 aliphatic heterocycles. The molecule has 2 unspecified atom stereocenters. The van der Waals surface area contributed by atoms with Crippen LogP contribution in [0.25, 0.3) is 16.8 Å². The number of pyridine rings is 1. The fourth-order valence-corrected chi connectivity index (χ4v) is 6.93. The number of nitrogens with two attached hydrogens (primary N) is 1. The zero-order valence-electron chi connectivity index (χ0n) is 28.1. The lowest BCUT2D eigenvalue weighted by atomic mass is 9.98. The highest BCUT2D eigenvalue weighted by atomic mass is 31.2. The molecule has 50 heavy (non-hydrogen) atoms. The van der Waals surface area contributed by atoms with Crippen molar-refractivity contribution in [3.63, 3.8) is 0 Å². The van der Waals surface area contributed by atoms with Gasteiger partial charge in [-0.15, -0.1) is 5.10 Å². The standard InChI is InChI=1S/C31H37F4N5O8P2/c1-18-8-13-22(20-14-15-40-23(16-20)38-28(39-40)46-49(36,42)43)25(33)24(18)27(41)37-17-31(34,35)26(19-9-11-21(32)12-10-19)45-50(44,47-29(2,3)4)48-30(5,6)7/h8-16,26H,17H2,1-7H3,(H,37,41)(H3,36,42,43). The van der Waals surface area contributed by atoms with Crippen molar-refractivity contribution in [2.45, 2.75) is 71.7 Å². The topological polar surface area (TPSA) is 177 Å². The first-order chi connectivity index (χ1) is 22.8. The van der Waals surface area contributed by atoms with Gasteiger partial charge in [0.25, 0.3) is 11.8 Å². The molecule has 0 aliphatic carbocycles. The molecule has 4 N–H and O–H groups in total. The molecular formula is C31H37F4N5O8P2. The number of fused-ring (bicyclic) bond motifs is 1. The number of carbonyl (C=O) groups excluding carboxylic acids is 1. The fraction of sp³-hybridized carbons (Fsp3) is 0.387. The van der Waals surface area contributed by atoms with Crippen molar-refractivity contribution >= 4 is 27.1 Å². The maximum atomic E-state index is 16.1. The molecule has 4 rings (SSSR count). The molecule has 4 aromatic rings. The summed E-state index contributed by atoms with van der Waals surface area (Å²) in [6.45, 7) is 9.04. The molecule has 0 fully saturated rings. The normalized spacial score (nSPS) is 14.7. The monoisotopic (exact) mass is 745 g/mol. The van der Waals surface area contributed by atoms with E-state index < -0.39 is 74.5 Å². The average Bonchev–Trinajstić information content (AvgIpc) is 3.33. The predicted octanol–water partition coefficient (Wildman–Crippen LogP) is 7.28. The van der Waals surface area contributed by atoms with Gasteiger partial charge >= 0.3 is 21.6 Å². The van der Waals surface area contributed by atoms with Crippen LogP contribution in [-0.2, 0) is 22.7 Å². The van der Waals surface area contributed by atoms with Crippen molar-refractivity contribution in [3.8, 4) is 17.1 Å². The molecule has 0 radical (unpaired) electrons. The number of hydrogen-bond donors (Lipinski definition) is 3. The molecule has 0 bridgehead atoms. The van der Waals surface area contributed by atoms with E-state index in [4.69, 9.17) is 19.1 Å². The Bertz CT molecular complexity index is 1950. The first-order valence-corrected chi connectivity index (χ1v) is 18.0. The average molecular weight is 746 g/mol. The Morgan fingerprint density at radius 2 is 1.60 bits per heavy atom. The number of nitrogens with zero attached hydrogens (tertiary/aromatic N) is 3. The van der Waals surface area contributed by atoms with Crippen LogP contribution in [0.2, 0.25) is 0 Å². The molecule has 2 aromatic carbocycles. The molecule has 2 heterocycles. The Kier molecular flexibility index (Phi) is 11.1. The van der Waals surface area contributed by atoms with E-state index in [1.807, 2.05) is 5.32 Å². The molecule has 0 saturated heterocycles. The van der Waals surface area contributed by atoms with Crippen LogP contribution < -0.4 is 15.3 Å². The second kappa shape index (κ2) is 14.1. The zero-order valence-corrected chi connectivity index (χ0v) is 29.9. The van der Waals surface area contributed by atoms with Crippen LogP contribution >= 0.6 is 15.6 Å². The van der Waals surface area contributed by atoms with Gasteiger partial charge in [0.2, 0.25) is 0 Å². The number of phosphoric ester groups is 1. The number of phosphoric acid groups is 1. The van der Waals surface area contributed by atoms with Crippen molar-refractivity contribution in [2.24, 2.45) is 5.50 Å². The largest absolute Gasteiger partial charge is 0.476 e. The molecule has 19 heteroatoms. The van der Waals surface area contributed by atoms with Gasteiger partial charge in [-0.3, -0.25) is 18.4 Å². The number of hydrogen-bond acceptors (Lipinski definition) is 9. The van der Waals surface area contributed by atoms with Gasteiger partial charge in [0.05, 0.1) is 23.3 Å². The highest BCUT2D eigenvalue weighted by Crippen LogP contribution is 2.60. The van der Waals surface area contributed by atoms with Crippen molar-refractivity contribution < 1.29 is 54.5 Å². The van der Waals surface area contributed by atoms with Crippen LogP contribution in [-0.4, -0.2) is 49.1 Å². The molecule has 13 nitrogen and oxygen atoms in total. The van der Waals surface area contributed by atoms with Gasteiger partial charge < -0.3 is 14.7 Å². The molecule has 0 aliphatic rings. The summed E-state index contributed by atoms with van der Waals surface area (Å²) in [5, 5.41) is 5.88. The van der Waals surface area contributed by atoms with E-state index in [-0.39, 0.29) is 27.9 Å². The maximum absolute atomic E-state index is 16.1. The summed E-state index contributed by atoms with van der Waals surface area (Å²) in [7, 11) is -9.24. The molecule has 2 atom stereocenters. The third-order valence-corrected chi connectivity index (χ3v) is 8.90. The third-order valence-electron chi connectivity index (χ3n) is 6.47. The number of halogens is 4. The van der Waals surface area contributed by atoms with Gasteiger partial charge in [-0.1, -0.05) is 24.3 Å². The lowest BCUT2D eigenvalue weighted by Crippen LogP contribution is -2.42. The fourth-order valence-electron chi connectivity index (χ4n) is 4.62. The second-order valence-electron chi connectivity index (χ2n) is 13.2. The van der Waals surface area contributed by atoms with Crippen molar-refractivity contribution in [1.29, 1.82) is 0 Å². The minimum Gasteiger partial charge on any atom is -0.377 e. The summed E-state index contributed by atoms with van der Waals surface area (Å²) in [6, 6.07) is 8.79. The van der Waals surface area contributed by atoms with Crippen LogP contribution in [0.1, 0.15) is 69.1 Å². The molecule has 2 aromatic heterocycles. The number of amides is 1. The van der Waals surface area contributed by atoms with Gasteiger partial charge in [0.1, 0.15) is 11.6 Å². The minimum atomic E-state index is -4.78. The number of rotatable bonds is 12. The molecule has 1 amide bonds. The predicted molar refractivity (Wildman–Crippen MR) is 175 cm³/mol. The van der Waals surface area contributed by atoms with Crippen LogP contribution in [0.15, 0.2) is 54.7 Å². The smallest absolute Gasteiger partial charge is 0.377 e. The zero-order chi connectivity index (χ0) is 37.4. The summed E-state index contributed by atoms with van der Waals surface area (Å²) >= 11 is 0. The van der Waals surface area contributed by atoms with Gasteiger partial charge in [0, 0.05) is 11.8 Å². The number of benzene rings is 2. The van der Waals surface area contributed by atoms with Crippen molar-refractivity contribution in [3.05, 3.63) is 83.1 Å². The van der Waals surface area contributed by atoms with Crippen molar-refractivity contribution in [1.82, 2.24) is 19.9 Å². The highest BCUT2D eigenvalue weighted by Gasteiger charge is 2.49. The number of alkyl halides is 2. The van der Waals surface area contributed by atoms with Crippen LogP contribution in [0.4, 0.5) is 17.6 Å². The molecule has 0 spiro atoms. The van der Waals surface area contributed by atoms with Gasteiger partial charge in [-0.25, -0.2) is 36.7 Å². The summed E-state index contributed by atoms with van der Waals surface area (Å²) < 4.78 is 109. The minimum absolute atomic E-state index is 0.0616. The Hall–Kier alpha value is -3.69. The Morgan fingerprint density at radius 3 is 2.16 bits per heavy atom. The first-order valence-electron chi connectivity index (χ1n) is 14.9. The lowest BCUT2D eigenvalue weighted by Gasteiger charge is -2.35. The Morgan fingerprint density at radius 1 is 1.00 bits per heavy atom. The molecule has 272 valence electrons. The number of carbonyl (C=O) groups is 1. The maximum Gasteiger partial charge on any atom is 0.476 e. The van der Waals surface area contributed by atoms with E-state index in [0.717, 1.165) is 28.8 Å². The van der Waals surface area contributed by atoms with Gasteiger partial charge in [0.15, 0.2) is 11.8 Å². The Labute approximate surface area is 285 Å². The number of aryl methyl sites for hydroxylation is 1. The van der Waals surface area contributed by atoms with Crippen LogP contribution in [0, 0.1) is 18.6 Å². The molecule has 0 saturated carbocycles. The van der Waals surface area contributed by atoms with Gasteiger partial charge in [-0.2, -0.15) is 4.98 Å². The summed E-state index contributed by atoms with van der Waals surface area (Å²) in [5.41, 5.74) is 2.01. The Balaban J connectivity index is 1.65. The SMILES string of the molecule is Cc1ccc(-c2ccn3nc(OP(N)(=O)O)nc3c2)c(F)c1C(=O)NCC(F)(F)C(OP(=O)(OC(C)(C)C)OC(C)(C)C)c1ccc(F)cc1. The van der Waals surface area contributed by atoms with E-state index >= 15 is 13.2 Å². The second-order valence-corrected chi connectivity index (χ2v) is 16.0. The number of nitrogens with one attached hydrogen (secondary N) is 1. The van der Waals surface area contributed by atoms with Gasteiger partial charge in [-0.05, 0) is 89.4 Å². The van der Waals surface area contributed by atoms with Crippen LogP contribution in [0.5, 0.6) is 6.01 Å². The third kappa shape index (κ3) is 10.2.